The summed E-state index contributed by atoms with van der Waals surface area (Å²) in [4.78, 5) is 4.58. The molecule has 2 aliphatic rings. The van der Waals surface area contributed by atoms with Crippen molar-refractivity contribution in [2.45, 2.75) is 31.7 Å². The molecule has 2 aliphatic carbocycles. The van der Waals surface area contributed by atoms with E-state index in [9.17, 15) is 0 Å². The van der Waals surface area contributed by atoms with Crippen LogP contribution < -0.4 is 11.3 Å². The summed E-state index contributed by atoms with van der Waals surface area (Å²) >= 11 is 0. The lowest BCUT2D eigenvalue weighted by Gasteiger charge is -2.17. The number of nitrogens with zero attached hydrogens (tertiary/aromatic N) is 1. The summed E-state index contributed by atoms with van der Waals surface area (Å²) in [6, 6.07) is 10.8. The molecule has 3 nitrogen and oxygen atoms in total. The predicted molar refractivity (Wildman–Crippen MR) is 80.7 cm³/mol. The van der Waals surface area contributed by atoms with Crippen LogP contribution in [0.5, 0.6) is 0 Å². The first-order valence-corrected chi connectivity index (χ1v) is 7.69. The molecule has 1 heterocycles. The third-order valence-corrected chi connectivity index (χ3v) is 5.26. The van der Waals surface area contributed by atoms with Crippen LogP contribution in [0, 0.1) is 17.8 Å². The van der Waals surface area contributed by atoms with E-state index in [-0.39, 0.29) is 6.04 Å². The van der Waals surface area contributed by atoms with Crippen molar-refractivity contribution in [1.82, 2.24) is 10.4 Å². The van der Waals surface area contributed by atoms with Crippen molar-refractivity contribution in [2.75, 3.05) is 0 Å². The van der Waals surface area contributed by atoms with Gasteiger partial charge in [0.1, 0.15) is 0 Å². The van der Waals surface area contributed by atoms with Gasteiger partial charge in [0, 0.05) is 11.6 Å². The average Bonchev–Trinajstić information content (AvgIpc) is 3.22. The first kappa shape index (κ1) is 12.3. The fourth-order valence-corrected chi connectivity index (χ4v) is 4.23. The van der Waals surface area contributed by atoms with Gasteiger partial charge in [-0.3, -0.25) is 16.3 Å². The number of hydrogen-bond donors (Lipinski definition) is 2. The van der Waals surface area contributed by atoms with E-state index in [1.807, 2.05) is 12.3 Å². The van der Waals surface area contributed by atoms with E-state index in [1.54, 1.807) is 0 Å². The van der Waals surface area contributed by atoms with E-state index in [0.29, 0.717) is 5.92 Å². The summed E-state index contributed by atoms with van der Waals surface area (Å²) in [6.07, 6.45) is 7.55. The third-order valence-electron chi connectivity index (χ3n) is 5.26. The number of rotatable bonds is 3. The van der Waals surface area contributed by atoms with Crippen molar-refractivity contribution in [3.05, 3.63) is 42.1 Å². The van der Waals surface area contributed by atoms with Crippen LogP contribution in [0.25, 0.3) is 10.9 Å². The molecule has 3 unspecified atom stereocenters. The molecule has 2 aromatic rings. The van der Waals surface area contributed by atoms with Crippen molar-refractivity contribution >= 4 is 10.9 Å². The molecule has 0 bridgehead atoms. The maximum Gasteiger partial charge on any atom is 0.0702 e. The maximum atomic E-state index is 5.87. The first-order valence-electron chi connectivity index (χ1n) is 7.69. The Kier molecular flexibility index (Phi) is 2.97. The summed E-state index contributed by atoms with van der Waals surface area (Å²) in [5.41, 5.74) is 5.36. The first-order chi connectivity index (χ1) is 9.88. The van der Waals surface area contributed by atoms with Crippen LogP contribution >= 0.6 is 0 Å². The highest BCUT2D eigenvalue weighted by molar-refractivity contribution is 5.78. The van der Waals surface area contributed by atoms with Crippen molar-refractivity contribution in [3.8, 4) is 0 Å². The highest BCUT2D eigenvalue weighted by Crippen LogP contribution is 2.60. The summed E-state index contributed by atoms with van der Waals surface area (Å²) in [7, 11) is 0. The highest BCUT2D eigenvalue weighted by atomic mass is 15.2. The van der Waals surface area contributed by atoms with Gasteiger partial charge >= 0.3 is 0 Å². The second-order valence-corrected chi connectivity index (χ2v) is 6.30. The summed E-state index contributed by atoms with van der Waals surface area (Å²) in [6.45, 7) is 0. The molecule has 0 saturated heterocycles. The smallest absolute Gasteiger partial charge is 0.0702 e. The number of nitrogens with two attached hydrogens (primary N) is 1. The number of fused-ring (bicyclic) bond motifs is 2. The van der Waals surface area contributed by atoms with Gasteiger partial charge in [0.2, 0.25) is 0 Å². The molecular formula is C17H21N3. The van der Waals surface area contributed by atoms with Gasteiger partial charge in [-0.05, 0) is 48.3 Å². The topological polar surface area (TPSA) is 50.9 Å². The molecule has 3 N–H and O–H groups in total. The van der Waals surface area contributed by atoms with Crippen molar-refractivity contribution < 1.29 is 0 Å². The standard InChI is InChI=1S/C17H21N3/c18-20-17(16-13-6-2-3-7-14(13)16)12-9-11-5-1-4-8-15(11)19-10-12/h1,4-5,8-10,13-14,16-17,20H,2-3,6-7,18H2. The van der Waals surface area contributed by atoms with E-state index >= 15 is 0 Å². The molecule has 0 radical (unpaired) electrons. The number of aromatic nitrogens is 1. The van der Waals surface area contributed by atoms with E-state index in [2.05, 4.69) is 34.7 Å². The summed E-state index contributed by atoms with van der Waals surface area (Å²) in [5.74, 6) is 8.35. The van der Waals surface area contributed by atoms with Gasteiger partial charge in [-0.2, -0.15) is 0 Å². The largest absolute Gasteiger partial charge is 0.271 e. The molecule has 1 aromatic heterocycles. The Morgan fingerprint density at radius 1 is 1.15 bits per heavy atom. The normalized spacial score (nSPS) is 29.9. The Balaban J connectivity index is 1.66. The number of nitrogens with one attached hydrogen (secondary N) is 1. The molecule has 0 aliphatic heterocycles. The number of benzene rings is 1. The Morgan fingerprint density at radius 2 is 1.90 bits per heavy atom. The highest BCUT2D eigenvalue weighted by Gasteiger charge is 2.54. The second kappa shape index (κ2) is 4.83. The molecule has 20 heavy (non-hydrogen) atoms. The van der Waals surface area contributed by atoms with E-state index < -0.39 is 0 Å². The molecule has 3 heteroatoms. The van der Waals surface area contributed by atoms with Crippen molar-refractivity contribution in [1.29, 1.82) is 0 Å². The molecule has 2 fully saturated rings. The van der Waals surface area contributed by atoms with Gasteiger partial charge in [0.15, 0.2) is 0 Å². The minimum absolute atomic E-state index is 0.264. The quantitative estimate of drug-likeness (QED) is 0.663. The van der Waals surface area contributed by atoms with Crippen LogP contribution in [0.4, 0.5) is 0 Å². The van der Waals surface area contributed by atoms with E-state index in [4.69, 9.17) is 5.84 Å². The van der Waals surface area contributed by atoms with Gasteiger partial charge in [-0.25, -0.2) is 0 Å². The van der Waals surface area contributed by atoms with Crippen LogP contribution in [-0.4, -0.2) is 4.98 Å². The van der Waals surface area contributed by atoms with Crippen LogP contribution in [0.2, 0.25) is 0 Å². The molecule has 3 atom stereocenters. The third kappa shape index (κ3) is 1.93. The minimum Gasteiger partial charge on any atom is -0.271 e. The van der Waals surface area contributed by atoms with Crippen LogP contribution in [0.3, 0.4) is 0 Å². The molecule has 104 valence electrons. The van der Waals surface area contributed by atoms with Gasteiger partial charge in [-0.15, -0.1) is 0 Å². The lowest BCUT2D eigenvalue weighted by molar-refractivity contribution is 0.456. The van der Waals surface area contributed by atoms with Gasteiger partial charge in [-0.1, -0.05) is 31.0 Å². The predicted octanol–water partition coefficient (Wildman–Crippen LogP) is 3.18. The van der Waals surface area contributed by atoms with Crippen molar-refractivity contribution in [3.63, 3.8) is 0 Å². The lowest BCUT2D eigenvalue weighted by atomic mass is 10.0. The van der Waals surface area contributed by atoms with Crippen molar-refractivity contribution in [2.24, 2.45) is 23.6 Å². The zero-order chi connectivity index (χ0) is 13.5. The number of para-hydroxylation sites is 1. The molecule has 0 amide bonds. The van der Waals surface area contributed by atoms with Gasteiger partial charge in [0.05, 0.1) is 11.6 Å². The Hall–Kier alpha value is -1.45. The van der Waals surface area contributed by atoms with Crippen LogP contribution in [0.15, 0.2) is 36.5 Å². The zero-order valence-corrected chi connectivity index (χ0v) is 11.6. The molecule has 2 saturated carbocycles. The molecular weight excluding hydrogens is 246 g/mol. The van der Waals surface area contributed by atoms with Crippen LogP contribution in [-0.2, 0) is 0 Å². The molecule has 4 rings (SSSR count). The lowest BCUT2D eigenvalue weighted by Crippen LogP contribution is -2.30. The SMILES string of the molecule is NNC(c1cnc2ccccc2c1)C1C2CCCCC21. The van der Waals surface area contributed by atoms with Gasteiger partial charge in [0.25, 0.3) is 0 Å². The summed E-state index contributed by atoms with van der Waals surface area (Å²) < 4.78 is 0. The molecule has 0 spiro atoms. The minimum atomic E-state index is 0.264. The average molecular weight is 267 g/mol. The maximum absolute atomic E-state index is 5.87. The van der Waals surface area contributed by atoms with E-state index in [1.165, 1.54) is 36.6 Å². The second-order valence-electron chi connectivity index (χ2n) is 6.30. The fraction of sp³-hybridized carbons (Fsp3) is 0.471. The Morgan fingerprint density at radius 3 is 2.65 bits per heavy atom. The number of hydrazine groups is 1. The van der Waals surface area contributed by atoms with Crippen LogP contribution in [0.1, 0.15) is 37.3 Å². The Bertz CT molecular complexity index is 612. The van der Waals surface area contributed by atoms with E-state index in [0.717, 1.165) is 17.4 Å². The Labute approximate surface area is 119 Å². The zero-order valence-electron chi connectivity index (χ0n) is 11.6. The number of pyridine rings is 1. The fourth-order valence-electron chi connectivity index (χ4n) is 4.23. The molecule has 1 aromatic carbocycles. The monoisotopic (exact) mass is 267 g/mol. The number of hydrogen-bond acceptors (Lipinski definition) is 3. The summed E-state index contributed by atoms with van der Waals surface area (Å²) in [5, 5.41) is 1.20. The van der Waals surface area contributed by atoms with Gasteiger partial charge < -0.3 is 0 Å².